The molecule has 1 amide bonds. The number of hydrogen-bond acceptors (Lipinski definition) is 7. The van der Waals surface area contributed by atoms with E-state index in [1.807, 2.05) is 19.4 Å². The van der Waals surface area contributed by atoms with Gasteiger partial charge in [-0.25, -0.2) is 13.4 Å². The largest absolute Gasteiger partial charge is 0.486 e. The van der Waals surface area contributed by atoms with Gasteiger partial charge in [0.2, 0.25) is 10.0 Å². The van der Waals surface area contributed by atoms with Crippen molar-refractivity contribution in [3.63, 3.8) is 0 Å². The summed E-state index contributed by atoms with van der Waals surface area (Å²) in [4.78, 5) is 19.6. The first-order chi connectivity index (χ1) is 15.8. The number of aryl methyl sites for hydroxylation is 1. The lowest BCUT2D eigenvalue weighted by atomic mass is 10.2. The predicted octanol–water partition coefficient (Wildman–Crippen LogP) is 3.22. The number of amides is 1. The molecule has 1 N–H and O–H groups in total. The Morgan fingerprint density at radius 3 is 2.45 bits per heavy atom. The summed E-state index contributed by atoms with van der Waals surface area (Å²) in [5.41, 5.74) is 1.70. The summed E-state index contributed by atoms with van der Waals surface area (Å²) < 4.78 is 33.1. The molecule has 33 heavy (non-hydrogen) atoms. The third kappa shape index (κ3) is 5.59. The van der Waals surface area contributed by atoms with E-state index in [1.165, 1.54) is 16.4 Å². The van der Waals surface area contributed by atoms with E-state index in [2.05, 4.69) is 15.2 Å². The van der Waals surface area contributed by atoms with Gasteiger partial charge in [-0.1, -0.05) is 12.1 Å². The van der Waals surface area contributed by atoms with Crippen LogP contribution in [0.1, 0.15) is 21.1 Å². The average Bonchev–Trinajstić information content (AvgIpc) is 3.23. The van der Waals surface area contributed by atoms with Crippen molar-refractivity contribution in [2.45, 2.75) is 18.4 Å². The van der Waals surface area contributed by atoms with Gasteiger partial charge in [-0.15, -0.1) is 11.3 Å². The minimum atomic E-state index is -3.55. The average molecular weight is 487 g/mol. The number of nitrogens with zero attached hydrogens (tertiary/aromatic N) is 3. The summed E-state index contributed by atoms with van der Waals surface area (Å²) in [6.45, 7) is 4.54. The maximum Gasteiger partial charge on any atom is 0.259 e. The number of para-hydroxylation sites is 1. The van der Waals surface area contributed by atoms with Crippen molar-refractivity contribution in [2.24, 2.45) is 0 Å². The number of thiazole rings is 1. The maximum atomic E-state index is 12.9. The Kier molecular flexibility index (Phi) is 7.08. The van der Waals surface area contributed by atoms with Crippen LogP contribution < -0.4 is 10.1 Å². The van der Waals surface area contributed by atoms with Crippen LogP contribution in [-0.4, -0.2) is 61.7 Å². The second-order valence-corrected chi connectivity index (χ2v) is 10.8. The number of carbonyl (C=O) groups is 1. The molecule has 1 aliphatic heterocycles. The molecule has 1 fully saturated rings. The van der Waals surface area contributed by atoms with Gasteiger partial charge in [-0.3, -0.25) is 4.79 Å². The quantitative estimate of drug-likeness (QED) is 0.551. The molecule has 4 rings (SSSR count). The number of ether oxygens (including phenoxy) is 1. The van der Waals surface area contributed by atoms with E-state index in [9.17, 15) is 13.2 Å². The lowest BCUT2D eigenvalue weighted by Crippen LogP contribution is -2.46. The summed E-state index contributed by atoms with van der Waals surface area (Å²) in [6, 6.07) is 13.2. The molecule has 0 bridgehead atoms. The number of nitrogens with one attached hydrogen (secondary N) is 1. The van der Waals surface area contributed by atoms with Crippen LogP contribution in [0.4, 0.5) is 5.69 Å². The van der Waals surface area contributed by atoms with Crippen molar-refractivity contribution in [3.8, 4) is 5.75 Å². The Morgan fingerprint density at radius 2 is 1.79 bits per heavy atom. The second-order valence-electron chi connectivity index (χ2n) is 7.83. The van der Waals surface area contributed by atoms with Crippen molar-refractivity contribution >= 4 is 33.0 Å². The normalized spacial score (nSPS) is 15.3. The van der Waals surface area contributed by atoms with Gasteiger partial charge in [0.25, 0.3) is 5.91 Å². The Bertz CT molecular complexity index is 1220. The molecule has 3 aromatic rings. The molecule has 0 spiro atoms. The minimum absolute atomic E-state index is 0.215. The van der Waals surface area contributed by atoms with Gasteiger partial charge in [-0.05, 0) is 50.4 Å². The summed E-state index contributed by atoms with van der Waals surface area (Å²) in [6.07, 6.45) is 0. The van der Waals surface area contributed by atoms with E-state index in [-0.39, 0.29) is 17.4 Å². The molecule has 2 aromatic carbocycles. The first-order valence-electron chi connectivity index (χ1n) is 10.6. The Labute approximate surface area is 197 Å². The summed E-state index contributed by atoms with van der Waals surface area (Å²) in [5, 5.41) is 5.70. The molecule has 0 aliphatic carbocycles. The van der Waals surface area contributed by atoms with Crippen LogP contribution in [0.25, 0.3) is 0 Å². The first-order valence-corrected chi connectivity index (χ1v) is 12.9. The van der Waals surface area contributed by atoms with E-state index in [0.29, 0.717) is 43.2 Å². The molecule has 1 saturated heterocycles. The van der Waals surface area contributed by atoms with Gasteiger partial charge in [0.05, 0.1) is 21.2 Å². The Morgan fingerprint density at radius 1 is 1.09 bits per heavy atom. The van der Waals surface area contributed by atoms with Crippen molar-refractivity contribution in [1.82, 2.24) is 14.2 Å². The van der Waals surface area contributed by atoms with Crippen LogP contribution in [0.3, 0.4) is 0 Å². The van der Waals surface area contributed by atoms with Crippen molar-refractivity contribution in [3.05, 3.63) is 70.2 Å². The van der Waals surface area contributed by atoms with Crippen LogP contribution in [0.5, 0.6) is 5.75 Å². The molecule has 1 aliphatic rings. The van der Waals surface area contributed by atoms with Gasteiger partial charge >= 0.3 is 0 Å². The van der Waals surface area contributed by atoms with E-state index >= 15 is 0 Å². The molecule has 8 nitrogen and oxygen atoms in total. The number of rotatable bonds is 7. The zero-order valence-electron chi connectivity index (χ0n) is 18.5. The lowest BCUT2D eigenvalue weighted by molar-refractivity contribution is 0.102. The van der Waals surface area contributed by atoms with Crippen LogP contribution in [-0.2, 0) is 16.6 Å². The molecule has 2 heterocycles. The van der Waals surface area contributed by atoms with Gasteiger partial charge < -0.3 is 15.0 Å². The predicted molar refractivity (Wildman–Crippen MR) is 128 cm³/mol. The number of sulfonamides is 1. The maximum absolute atomic E-state index is 12.9. The standard InChI is InChI=1S/C23H26N4O4S2/c1-17-24-19(16-32-17)15-31-22-6-4-3-5-21(22)23(28)25-18-7-9-20(10-8-18)33(29,30)27-13-11-26(2)12-14-27/h3-10,16H,11-15H2,1-2H3,(H,25,28). The SMILES string of the molecule is Cc1nc(COc2ccccc2C(=O)Nc2ccc(S(=O)(=O)N3CCN(C)CC3)cc2)cs1. The monoisotopic (exact) mass is 486 g/mol. The summed E-state index contributed by atoms with van der Waals surface area (Å²) >= 11 is 1.55. The topological polar surface area (TPSA) is 91.8 Å². The fourth-order valence-corrected chi connectivity index (χ4v) is 5.51. The van der Waals surface area contributed by atoms with Crippen LogP contribution in [0, 0.1) is 6.92 Å². The molecule has 0 saturated carbocycles. The molecule has 1 aromatic heterocycles. The minimum Gasteiger partial charge on any atom is -0.486 e. The molecular formula is C23H26N4O4S2. The number of likely N-dealkylation sites (N-methyl/N-ethyl adjacent to an activating group) is 1. The van der Waals surface area contributed by atoms with Crippen molar-refractivity contribution < 1.29 is 17.9 Å². The van der Waals surface area contributed by atoms with Gasteiger partial charge in [-0.2, -0.15) is 4.31 Å². The lowest BCUT2D eigenvalue weighted by Gasteiger charge is -2.31. The van der Waals surface area contributed by atoms with Gasteiger partial charge in [0.1, 0.15) is 12.4 Å². The summed E-state index contributed by atoms with van der Waals surface area (Å²) in [7, 11) is -1.58. The molecule has 0 radical (unpaired) electrons. The highest BCUT2D eigenvalue weighted by atomic mass is 32.2. The molecule has 0 unspecified atom stereocenters. The molecule has 10 heteroatoms. The number of aromatic nitrogens is 1. The third-order valence-corrected chi connectivity index (χ3v) is 8.12. The Balaban J connectivity index is 1.43. The van der Waals surface area contributed by atoms with Gasteiger partial charge in [0.15, 0.2) is 0 Å². The second kappa shape index (κ2) is 10.0. The van der Waals surface area contributed by atoms with Crippen LogP contribution in [0.2, 0.25) is 0 Å². The number of anilines is 1. The van der Waals surface area contributed by atoms with E-state index in [4.69, 9.17) is 4.74 Å². The van der Waals surface area contributed by atoms with E-state index in [0.717, 1.165) is 10.7 Å². The zero-order valence-corrected chi connectivity index (χ0v) is 20.2. The van der Waals surface area contributed by atoms with Crippen LogP contribution in [0.15, 0.2) is 58.8 Å². The number of carbonyl (C=O) groups excluding carboxylic acids is 1. The van der Waals surface area contributed by atoms with Crippen molar-refractivity contribution in [1.29, 1.82) is 0 Å². The third-order valence-electron chi connectivity index (χ3n) is 5.39. The molecular weight excluding hydrogens is 460 g/mol. The van der Waals surface area contributed by atoms with Crippen molar-refractivity contribution in [2.75, 3.05) is 38.5 Å². The highest BCUT2D eigenvalue weighted by molar-refractivity contribution is 7.89. The number of benzene rings is 2. The summed E-state index contributed by atoms with van der Waals surface area (Å²) in [5.74, 6) is 0.115. The van der Waals surface area contributed by atoms with Crippen LogP contribution >= 0.6 is 11.3 Å². The first kappa shape index (κ1) is 23.4. The molecule has 0 atom stereocenters. The van der Waals surface area contributed by atoms with E-state index in [1.54, 1.807) is 47.7 Å². The highest BCUT2D eigenvalue weighted by Gasteiger charge is 2.27. The fourth-order valence-electron chi connectivity index (χ4n) is 3.49. The highest BCUT2D eigenvalue weighted by Crippen LogP contribution is 2.23. The van der Waals surface area contributed by atoms with E-state index < -0.39 is 10.0 Å². The number of hydrogen-bond donors (Lipinski definition) is 1. The fraction of sp³-hybridized carbons (Fsp3) is 0.304. The zero-order chi connectivity index (χ0) is 23.4. The number of piperazine rings is 1. The smallest absolute Gasteiger partial charge is 0.259 e. The van der Waals surface area contributed by atoms with Gasteiger partial charge in [0, 0.05) is 37.2 Å². The molecule has 174 valence electrons. The Hall–Kier alpha value is -2.79.